The van der Waals surface area contributed by atoms with Crippen molar-refractivity contribution in [3.05, 3.63) is 0 Å². The average Bonchev–Trinajstić information content (AvgIpc) is 2.98. The molecule has 2 nitrogen and oxygen atoms in total. The Kier molecular flexibility index (Phi) is 9.83. The lowest BCUT2D eigenvalue weighted by atomic mass is 9.74. The number of aliphatic hydroxyl groups excluding tert-OH is 1. The molecule has 0 aliphatic heterocycles. The summed E-state index contributed by atoms with van der Waals surface area (Å²) in [6.07, 6.45) is 5.03. The fourth-order valence-corrected chi connectivity index (χ4v) is 3.54. The molecule has 1 N–H and O–H groups in total. The van der Waals surface area contributed by atoms with E-state index in [4.69, 9.17) is 4.74 Å². The minimum absolute atomic E-state index is 0.0130. The third-order valence-corrected chi connectivity index (χ3v) is 4.77. The maximum atomic E-state index is 13.7. The second kappa shape index (κ2) is 9.93. The molecule has 0 aromatic heterocycles. The van der Waals surface area contributed by atoms with Gasteiger partial charge >= 0.3 is 0 Å². The standard InChI is InChI=1S/C16H30F2O2.C3H8/c1-5-7-8-13(19)9-14(3,12-20-4)10-15(6-2)11-16(15,17)18;1-3-2/h13,19H,5-12H2,1-4H3;3H2,1-2H3. The fraction of sp³-hybridized carbons (Fsp3) is 1.00. The quantitative estimate of drug-likeness (QED) is 0.544. The molecule has 1 rings (SSSR count). The van der Waals surface area contributed by atoms with E-state index in [0.29, 0.717) is 25.9 Å². The van der Waals surface area contributed by atoms with Gasteiger partial charge in [0.05, 0.1) is 12.7 Å². The van der Waals surface area contributed by atoms with Gasteiger partial charge in [-0.25, -0.2) is 8.78 Å². The largest absolute Gasteiger partial charge is 0.393 e. The number of hydrogen-bond acceptors (Lipinski definition) is 2. The first-order valence-electron chi connectivity index (χ1n) is 9.20. The third-order valence-electron chi connectivity index (χ3n) is 4.77. The van der Waals surface area contributed by atoms with Crippen molar-refractivity contribution in [2.24, 2.45) is 10.8 Å². The lowest BCUT2D eigenvalue weighted by Crippen LogP contribution is -2.32. The van der Waals surface area contributed by atoms with Crippen molar-refractivity contribution in [1.29, 1.82) is 0 Å². The molecule has 1 fully saturated rings. The summed E-state index contributed by atoms with van der Waals surface area (Å²) in [5.74, 6) is -2.54. The Balaban J connectivity index is 0.00000149. The van der Waals surface area contributed by atoms with Crippen LogP contribution in [-0.2, 0) is 4.74 Å². The van der Waals surface area contributed by atoms with Crippen LogP contribution in [0.15, 0.2) is 0 Å². The van der Waals surface area contributed by atoms with Crippen molar-refractivity contribution >= 4 is 0 Å². The first-order chi connectivity index (χ1) is 10.7. The summed E-state index contributed by atoms with van der Waals surface area (Å²) in [5.41, 5.74) is -1.25. The van der Waals surface area contributed by atoms with Crippen LogP contribution < -0.4 is 0 Å². The smallest absolute Gasteiger partial charge is 0.254 e. The molecular formula is C19H38F2O2. The number of unbranched alkanes of at least 4 members (excludes halogenated alkanes) is 1. The molecule has 1 aliphatic carbocycles. The molecule has 0 amide bonds. The van der Waals surface area contributed by atoms with Crippen LogP contribution in [0.4, 0.5) is 8.78 Å². The zero-order valence-corrected chi connectivity index (χ0v) is 16.1. The van der Waals surface area contributed by atoms with E-state index in [2.05, 4.69) is 20.8 Å². The van der Waals surface area contributed by atoms with Crippen LogP contribution in [0.25, 0.3) is 0 Å². The van der Waals surface area contributed by atoms with E-state index < -0.39 is 17.4 Å². The van der Waals surface area contributed by atoms with Crippen LogP contribution in [0.1, 0.15) is 86.0 Å². The maximum Gasteiger partial charge on any atom is 0.254 e. The first-order valence-corrected chi connectivity index (χ1v) is 9.20. The molecular weight excluding hydrogens is 298 g/mol. The van der Waals surface area contributed by atoms with Crippen molar-refractivity contribution in [3.8, 4) is 0 Å². The van der Waals surface area contributed by atoms with Gasteiger partial charge in [0.2, 0.25) is 0 Å². The number of methoxy groups -OCH3 is 1. The maximum absolute atomic E-state index is 13.7. The molecule has 0 aromatic rings. The van der Waals surface area contributed by atoms with E-state index in [1.807, 2.05) is 13.8 Å². The summed E-state index contributed by atoms with van der Waals surface area (Å²) in [7, 11) is 1.60. The Morgan fingerprint density at radius 2 is 1.74 bits per heavy atom. The van der Waals surface area contributed by atoms with E-state index in [9.17, 15) is 13.9 Å². The van der Waals surface area contributed by atoms with Crippen LogP contribution in [-0.4, -0.2) is 30.8 Å². The predicted molar refractivity (Wildman–Crippen MR) is 93.0 cm³/mol. The van der Waals surface area contributed by atoms with E-state index in [-0.39, 0.29) is 11.8 Å². The molecule has 0 bridgehead atoms. The van der Waals surface area contributed by atoms with Gasteiger partial charge in [0.1, 0.15) is 0 Å². The lowest BCUT2D eigenvalue weighted by Gasteiger charge is -2.34. The van der Waals surface area contributed by atoms with Crippen molar-refractivity contribution in [2.45, 2.75) is 98.0 Å². The molecule has 1 saturated carbocycles. The highest BCUT2D eigenvalue weighted by Crippen LogP contribution is 2.67. The van der Waals surface area contributed by atoms with Gasteiger partial charge in [-0.2, -0.15) is 0 Å². The molecule has 0 radical (unpaired) electrons. The topological polar surface area (TPSA) is 29.5 Å². The van der Waals surface area contributed by atoms with Crippen LogP contribution in [0.2, 0.25) is 0 Å². The van der Waals surface area contributed by atoms with E-state index >= 15 is 0 Å². The van der Waals surface area contributed by atoms with E-state index in [1.54, 1.807) is 7.11 Å². The first kappa shape index (κ1) is 22.8. The Bertz CT molecular complexity index is 322. The van der Waals surface area contributed by atoms with Crippen LogP contribution in [0.5, 0.6) is 0 Å². The molecule has 0 aromatic carbocycles. The third kappa shape index (κ3) is 7.04. The number of aliphatic hydroxyl groups is 1. The summed E-state index contributed by atoms with van der Waals surface area (Å²) in [5, 5.41) is 10.1. The van der Waals surface area contributed by atoms with Gasteiger partial charge in [-0.15, -0.1) is 0 Å². The fourth-order valence-electron chi connectivity index (χ4n) is 3.54. The summed E-state index contributed by atoms with van der Waals surface area (Å²) in [6.45, 7) is 10.6. The highest BCUT2D eigenvalue weighted by atomic mass is 19.3. The van der Waals surface area contributed by atoms with Gasteiger partial charge in [-0.3, -0.25) is 0 Å². The van der Waals surface area contributed by atoms with Crippen molar-refractivity contribution in [1.82, 2.24) is 0 Å². The monoisotopic (exact) mass is 336 g/mol. The van der Waals surface area contributed by atoms with E-state index in [1.165, 1.54) is 6.42 Å². The van der Waals surface area contributed by atoms with Crippen molar-refractivity contribution in [3.63, 3.8) is 0 Å². The van der Waals surface area contributed by atoms with Gasteiger partial charge in [-0.1, -0.05) is 53.9 Å². The number of ether oxygens (including phenoxy) is 1. The Morgan fingerprint density at radius 3 is 2.09 bits per heavy atom. The molecule has 0 heterocycles. The summed E-state index contributed by atoms with van der Waals surface area (Å²) < 4.78 is 32.6. The van der Waals surface area contributed by atoms with Crippen molar-refractivity contribution < 1.29 is 18.6 Å². The van der Waals surface area contributed by atoms with E-state index in [0.717, 1.165) is 19.3 Å². The second-order valence-corrected chi connectivity index (χ2v) is 7.64. The summed E-state index contributed by atoms with van der Waals surface area (Å²) in [4.78, 5) is 0. The minimum Gasteiger partial charge on any atom is -0.393 e. The Labute approximate surface area is 142 Å². The molecule has 0 saturated heterocycles. The number of rotatable bonds is 10. The zero-order valence-electron chi connectivity index (χ0n) is 16.1. The highest BCUT2D eigenvalue weighted by molar-refractivity contribution is 5.11. The van der Waals surface area contributed by atoms with Crippen LogP contribution in [0, 0.1) is 10.8 Å². The second-order valence-electron chi connectivity index (χ2n) is 7.64. The van der Waals surface area contributed by atoms with Gasteiger partial charge in [0, 0.05) is 18.9 Å². The molecule has 23 heavy (non-hydrogen) atoms. The van der Waals surface area contributed by atoms with Crippen LogP contribution >= 0.6 is 0 Å². The number of alkyl halides is 2. The molecule has 140 valence electrons. The predicted octanol–water partition coefficient (Wildman–Crippen LogP) is 5.82. The summed E-state index contributed by atoms with van der Waals surface area (Å²) in [6, 6.07) is 0. The minimum atomic E-state index is -2.54. The molecule has 0 spiro atoms. The highest BCUT2D eigenvalue weighted by Gasteiger charge is 2.70. The van der Waals surface area contributed by atoms with Gasteiger partial charge in [0.25, 0.3) is 5.92 Å². The zero-order chi connectivity index (χ0) is 18.1. The van der Waals surface area contributed by atoms with Gasteiger partial charge in [0.15, 0.2) is 0 Å². The average molecular weight is 337 g/mol. The lowest BCUT2D eigenvalue weighted by molar-refractivity contribution is -0.0109. The number of hydrogen-bond donors (Lipinski definition) is 1. The van der Waals surface area contributed by atoms with Crippen molar-refractivity contribution in [2.75, 3.05) is 13.7 Å². The molecule has 4 heteroatoms. The molecule has 1 aliphatic rings. The SMILES string of the molecule is CCC.CCCCC(O)CC(C)(COC)CC1(CC)CC1(F)F. The van der Waals surface area contributed by atoms with Crippen LogP contribution in [0.3, 0.4) is 0 Å². The summed E-state index contributed by atoms with van der Waals surface area (Å²) >= 11 is 0. The Hall–Kier alpha value is -0.220. The number of halogens is 2. The van der Waals surface area contributed by atoms with Gasteiger partial charge in [-0.05, 0) is 31.1 Å². The Morgan fingerprint density at radius 1 is 1.22 bits per heavy atom. The van der Waals surface area contributed by atoms with Gasteiger partial charge < -0.3 is 9.84 Å². The molecule has 3 atom stereocenters. The molecule has 3 unspecified atom stereocenters. The normalized spacial score (nSPS) is 26.0.